The third kappa shape index (κ3) is 3.26. The average molecular weight is 281 g/mol. The maximum absolute atomic E-state index is 5.89. The van der Waals surface area contributed by atoms with Gasteiger partial charge in [0.1, 0.15) is 18.1 Å². The van der Waals surface area contributed by atoms with Gasteiger partial charge in [-0.2, -0.15) is 0 Å². The fourth-order valence-electron chi connectivity index (χ4n) is 2.31. The van der Waals surface area contributed by atoms with E-state index in [-0.39, 0.29) is 0 Å². The number of nitrogens with one attached hydrogen (secondary N) is 1. The fraction of sp³-hybridized carbons (Fsp3) is 0.222. The van der Waals surface area contributed by atoms with Crippen molar-refractivity contribution in [3.05, 3.63) is 66.1 Å². The first kappa shape index (κ1) is 13.7. The molecule has 1 heterocycles. The van der Waals surface area contributed by atoms with E-state index in [0.717, 1.165) is 30.2 Å². The SMILES string of the molecule is CCNCc1occc1COc1ccc2ccccc2c1. The quantitative estimate of drug-likeness (QED) is 0.738. The fourth-order valence-corrected chi connectivity index (χ4v) is 2.31. The van der Waals surface area contributed by atoms with Gasteiger partial charge < -0.3 is 14.5 Å². The Hall–Kier alpha value is -2.26. The molecule has 3 heteroatoms. The van der Waals surface area contributed by atoms with E-state index in [1.165, 1.54) is 10.8 Å². The highest BCUT2D eigenvalue weighted by Gasteiger charge is 2.06. The van der Waals surface area contributed by atoms with Crippen LogP contribution in [0.1, 0.15) is 18.2 Å². The maximum Gasteiger partial charge on any atom is 0.124 e. The lowest BCUT2D eigenvalue weighted by Crippen LogP contribution is -2.12. The summed E-state index contributed by atoms with van der Waals surface area (Å²) in [5.41, 5.74) is 1.09. The Kier molecular flexibility index (Phi) is 4.22. The van der Waals surface area contributed by atoms with E-state index in [4.69, 9.17) is 9.15 Å². The van der Waals surface area contributed by atoms with Crippen molar-refractivity contribution in [2.24, 2.45) is 0 Å². The number of ether oxygens (including phenoxy) is 1. The minimum atomic E-state index is 0.523. The minimum Gasteiger partial charge on any atom is -0.489 e. The van der Waals surface area contributed by atoms with E-state index in [9.17, 15) is 0 Å². The summed E-state index contributed by atoms with van der Waals surface area (Å²) in [5.74, 6) is 1.82. The normalized spacial score (nSPS) is 10.9. The molecule has 2 aromatic carbocycles. The van der Waals surface area contributed by atoms with Gasteiger partial charge in [0.15, 0.2) is 0 Å². The first-order valence-electron chi connectivity index (χ1n) is 7.24. The number of rotatable bonds is 6. The van der Waals surface area contributed by atoms with Crippen molar-refractivity contribution in [2.45, 2.75) is 20.1 Å². The van der Waals surface area contributed by atoms with Crippen LogP contribution in [0.3, 0.4) is 0 Å². The van der Waals surface area contributed by atoms with Crippen molar-refractivity contribution in [1.82, 2.24) is 5.32 Å². The average Bonchev–Trinajstić information content (AvgIpc) is 2.98. The van der Waals surface area contributed by atoms with Gasteiger partial charge in [-0.25, -0.2) is 0 Å². The number of benzene rings is 2. The number of fused-ring (bicyclic) bond motifs is 1. The van der Waals surface area contributed by atoms with Gasteiger partial charge in [-0.05, 0) is 35.5 Å². The molecule has 1 N–H and O–H groups in total. The zero-order valence-electron chi connectivity index (χ0n) is 12.1. The second-order valence-corrected chi connectivity index (χ2v) is 4.95. The third-order valence-electron chi connectivity index (χ3n) is 3.49. The van der Waals surface area contributed by atoms with Crippen LogP contribution >= 0.6 is 0 Å². The molecule has 3 nitrogen and oxygen atoms in total. The number of hydrogen-bond donors (Lipinski definition) is 1. The molecule has 1 aromatic heterocycles. The largest absolute Gasteiger partial charge is 0.489 e. The van der Waals surface area contributed by atoms with E-state index in [0.29, 0.717) is 6.61 Å². The topological polar surface area (TPSA) is 34.4 Å². The van der Waals surface area contributed by atoms with E-state index in [1.807, 2.05) is 24.3 Å². The molecule has 0 aliphatic rings. The molecule has 108 valence electrons. The maximum atomic E-state index is 5.89. The highest BCUT2D eigenvalue weighted by molar-refractivity contribution is 5.83. The molecule has 0 atom stereocenters. The second kappa shape index (κ2) is 6.46. The summed E-state index contributed by atoms with van der Waals surface area (Å²) in [6, 6.07) is 16.4. The van der Waals surface area contributed by atoms with Crippen LogP contribution in [-0.4, -0.2) is 6.54 Å². The Morgan fingerprint density at radius 3 is 2.76 bits per heavy atom. The van der Waals surface area contributed by atoms with Gasteiger partial charge in [-0.3, -0.25) is 0 Å². The molecular weight excluding hydrogens is 262 g/mol. The van der Waals surface area contributed by atoms with Gasteiger partial charge in [0, 0.05) is 5.56 Å². The predicted molar refractivity (Wildman–Crippen MR) is 84.4 cm³/mol. The first-order chi connectivity index (χ1) is 10.4. The zero-order chi connectivity index (χ0) is 14.5. The van der Waals surface area contributed by atoms with Crippen LogP contribution in [0, 0.1) is 0 Å². The second-order valence-electron chi connectivity index (χ2n) is 4.95. The van der Waals surface area contributed by atoms with Crippen molar-refractivity contribution in [3.8, 4) is 5.75 Å². The molecule has 0 amide bonds. The summed E-state index contributed by atoms with van der Waals surface area (Å²) < 4.78 is 11.4. The first-order valence-corrected chi connectivity index (χ1v) is 7.24. The highest BCUT2D eigenvalue weighted by Crippen LogP contribution is 2.22. The summed E-state index contributed by atoms with van der Waals surface area (Å²) in [4.78, 5) is 0. The molecule has 21 heavy (non-hydrogen) atoms. The third-order valence-corrected chi connectivity index (χ3v) is 3.49. The molecule has 0 aliphatic carbocycles. The standard InChI is InChI=1S/C18H19NO2/c1-2-19-12-18-16(9-10-20-18)13-21-17-8-7-14-5-3-4-6-15(14)11-17/h3-11,19H,2,12-13H2,1H3. The van der Waals surface area contributed by atoms with Crippen molar-refractivity contribution < 1.29 is 9.15 Å². The Morgan fingerprint density at radius 1 is 1.05 bits per heavy atom. The van der Waals surface area contributed by atoms with Gasteiger partial charge in [0.05, 0.1) is 12.8 Å². The van der Waals surface area contributed by atoms with Crippen LogP contribution in [0.15, 0.2) is 59.2 Å². The Balaban J connectivity index is 1.70. The molecule has 0 spiro atoms. The molecule has 0 saturated carbocycles. The van der Waals surface area contributed by atoms with E-state index in [1.54, 1.807) is 6.26 Å². The highest BCUT2D eigenvalue weighted by atomic mass is 16.5. The Bertz CT molecular complexity index is 718. The molecule has 3 aromatic rings. The Morgan fingerprint density at radius 2 is 1.90 bits per heavy atom. The molecule has 3 rings (SSSR count). The van der Waals surface area contributed by atoms with Gasteiger partial charge in [-0.1, -0.05) is 37.3 Å². The van der Waals surface area contributed by atoms with Gasteiger partial charge >= 0.3 is 0 Å². The summed E-state index contributed by atoms with van der Waals surface area (Å²) in [6.45, 7) is 4.26. The van der Waals surface area contributed by atoms with Crippen LogP contribution < -0.4 is 10.1 Å². The molecule has 0 aliphatic heterocycles. The lowest BCUT2D eigenvalue weighted by molar-refractivity contribution is 0.302. The minimum absolute atomic E-state index is 0.523. The summed E-state index contributed by atoms with van der Waals surface area (Å²) in [6.07, 6.45) is 1.71. The number of hydrogen-bond acceptors (Lipinski definition) is 3. The van der Waals surface area contributed by atoms with Crippen molar-refractivity contribution >= 4 is 10.8 Å². The van der Waals surface area contributed by atoms with Crippen molar-refractivity contribution in [3.63, 3.8) is 0 Å². The Labute approximate surface area is 124 Å². The number of furan rings is 1. The molecule has 0 saturated heterocycles. The van der Waals surface area contributed by atoms with Gasteiger partial charge in [0.2, 0.25) is 0 Å². The summed E-state index contributed by atoms with van der Waals surface area (Å²) in [7, 11) is 0. The van der Waals surface area contributed by atoms with Crippen molar-refractivity contribution in [1.29, 1.82) is 0 Å². The van der Waals surface area contributed by atoms with Crippen LogP contribution in [-0.2, 0) is 13.2 Å². The monoisotopic (exact) mass is 281 g/mol. The van der Waals surface area contributed by atoms with E-state index < -0.39 is 0 Å². The molecule has 0 unspecified atom stereocenters. The molecule has 0 radical (unpaired) electrons. The predicted octanol–water partition coefficient (Wildman–Crippen LogP) is 4.12. The summed E-state index contributed by atoms with van der Waals surface area (Å²) in [5, 5.41) is 5.68. The van der Waals surface area contributed by atoms with Gasteiger partial charge in [0.25, 0.3) is 0 Å². The van der Waals surface area contributed by atoms with E-state index in [2.05, 4.69) is 36.5 Å². The molecule has 0 fully saturated rings. The van der Waals surface area contributed by atoms with Crippen LogP contribution in [0.2, 0.25) is 0 Å². The van der Waals surface area contributed by atoms with Crippen LogP contribution in [0.4, 0.5) is 0 Å². The van der Waals surface area contributed by atoms with Crippen molar-refractivity contribution in [2.75, 3.05) is 6.54 Å². The van der Waals surface area contributed by atoms with Gasteiger partial charge in [-0.15, -0.1) is 0 Å². The molecule has 0 bridgehead atoms. The van der Waals surface area contributed by atoms with E-state index >= 15 is 0 Å². The zero-order valence-corrected chi connectivity index (χ0v) is 12.1. The lowest BCUT2D eigenvalue weighted by atomic mass is 10.1. The molecular formula is C18H19NO2. The smallest absolute Gasteiger partial charge is 0.124 e. The van der Waals surface area contributed by atoms with Crippen LogP contribution in [0.5, 0.6) is 5.75 Å². The lowest BCUT2D eigenvalue weighted by Gasteiger charge is -2.08. The summed E-state index contributed by atoms with van der Waals surface area (Å²) >= 11 is 0. The van der Waals surface area contributed by atoms with Crippen LogP contribution in [0.25, 0.3) is 10.8 Å².